The highest BCUT2D eigenvalue weighted by atomic mass is 35.5. The minimum Gasteiger partial charge on any atom is -0.319 e. The van der Waals surface area contributed by atoms with E-state index >= 15 is 0 Å². The summed E-state index contributed by atoms with van der Waals surface area (Å²) >= 11 is 6.00. The molecule has 1 aromatic rings. The Hall–Kier alpha value is -1.05. The number of hydrogen-bond acceptors (Lipinski definition) is 0. The van der Waals surface area contributed by atoms with Crippen molar-refractivity contribution in [3.05, 3.63) is 58.1 Å². The van der Waals surface area contributed by atoms with Crippen LogP contribution in [-0.2, 0) is 6.54 Å². The highest BCUT2D eigenvalue weighted by molar-refractivity contribution is 6.30. The van der Waals surface area contributed by atoms with Crippen LogP contribution in [0.25, 0.3) is 0 Å². The molecule has 1 aliphatic carbocycles. The van der Waals surface area contributed by atoms with Crippen LogP contribution in [0.3, 0.4) is 0 Å². The maximum absolute atomic E-state index is 6.00. The first-order valence-electron chi connectivity index (χ1n) is 9.07. The average Bonchev–Trinajstić information content (AvgIpc) is 2.48. The molecule has 0 spiro atoms. The van der Waals surface area contributed by atoms with E-state index in [-0.39, 0.29) is 0 Å². The van der Waals surface area contributed by atoms with Gasteiger partial charge in [0, 0.05) is 10.6 Å². The molecule has 2 rings (SSSR count). The van der Waals surface area contributed by atoms with Crippen LogP contribution >= 0.6 is 11.6 Å². The molecule has 1 atom stereocenters. The van der Waals surface area contributed by atoms with Crippen molar-refractivity contribution < 1.29 is 4.48 Å². The summed E-state index contributed by atoms with van der Waals surface area (Å²) in [6.45, 7) is 10.4. The Morgan fingerprint density at radius 3 is 2.42 bits per heavy atom. The smallest absolute Gasteiger partial charge is 0.105 e. The summed E-state index contributed by atoms with van der Waals surface area (Å²) < 4.78 is 0.935. The summed E-state index contributed by atoms with van der Waals surface area (Å²) in [7, 11) is 4.60. The van der Waals surface area contributed by atoms with Gasteiger partial charge in [-0.25, -0.2) is 0 Å². The van der Waals surface area contributed by atoms with E-state index in [0.717, 1.165) is 16.1 Å². The first-order chi connectivity index (χ1) is 11.1. The maximum atomic E-state index is 6.00. The predicted molar refractivity (Wildman–Crippen MR) is 106 cm³/mol. The second kappa shape index (κ2) is 7.45. The van der Waals surface area contributed by atoms with Crippen molar-refractivity contribution in [2.75, 3.05) is 14.1 Å². The lowest BCUT2D eigenvalue weighted by Crippen LogP contribution is -2.45. The number of benzene rings is 1. The van der Waals surface area contributed by atoms with Crippen LogP contribution in [0.2, 0.25) is 5.02 Å². The van der Waals surface area contributed by atoms with Crippen molar-refractivity contribution in [3.8, 4) is 0 Å². The van der Waals surface area contributed by atoms with E-state index < -0.39 is 0 Å². The Bertz CT molecular complexity index is 620. The van der Waals surface area contributed by atoms with Crippen LogP contribution in [0.4, 0.5) is 0 Å². The van der Waals surface area contributed by atoms with E-state index in [4.69, 9.17) is 11.6 Å². The van der Waals surface area contributed by atoms with Crippen molar-refractivity contribution in [3.63, 3.8) is 0 Å². The lowest BCUT2D eigenvalue weighted by Gasteiger charge is -2.36. The first-order valence-corrected chi connectivity index (χ1v) is 9.45. The normalized spacial score (nSPS) is 19.8. The van der Waals surface area contributed by atoms with Gasteiger partial charge >= 0.3 is 0 Å². The van der Waals surface area contributed by atoms with E-state index in [2.05, 4.69) is 66.1 Å². The van der Waals surface area contributed by atoms with Gasteiger partial charge in [-0.15, -0.1) is 0 Å². The fourth-order valence-electron chi connectivity index (χ4n) is 3.68. The number of quaternary nitrogens is 1. The zero-order chi connectivity index (χ0) is 18.0. The van der Waals surface area contributed by atoms with Gasteiger partial charge in [0.05, 0.1) is 14.1 Å². The van der Waals surface area contributed by atoms with Gasteiger partial charge < -0.3 is 4.48 Å². The van der Waals surface area contributed by atoms with Gasteiger partial charge in [0.2, 0.25) is 0 Å². The molecule has 0 saturated heterocycles. The summed E-state index contributed by atoms with van der Waals surface area (Å²) in [6, 6.07) is 8.69. The highest BCUT2D eigenvalue weighted by Crippen LogP contribution is 2.40. The fraction of sp³-hybridized carbons (Fsp3) is 0.545. The first kappa shape index (κ1) is 19.3. The summed E-state index contributed by atoms with van der Waals surface area (Å²) in [4.78, 5) is 0. The van der Waals surface area contributed by atoms with Gasteiger partial charge in [-0.2, -0.15) is 0 Å². The standard InChI is InChI=1S/C22H33ClN/c1-17-8-7-15-22(3,4)21(17)14-9-18(2)24(5,6)16-19-10-12-20(23)13-11-19/h9-14,18H,7-8,15-16H2,1-6H3/q+1/b14-9+. The predicted octanol–water partition coefficient (Wildman–Crippen LogP) is 6.39. The molecule has 132 valence electrons. The molecule has 0 aromatic heterocycles. The van der Waals surface area contributed by atoms with Crippen LogP contribution in [0.5, 0.6) is 0 Å². The summed E-state index contributed by atoms with van der Waals surface area (Å²) in [6.07, 6.45) is 8.68. The maximum Gasteiger partial charge on any atom is 0.105 e. The van der Waals surface area contributed by atoms with Crippen molar-refractivity contribution in [1.82, 2.24) is 0 Å². The minimum absolute atomic E-state index is 0.311. The number of halogens is 1. The van der Waals surface area contributed by atoms with Crippen molar-refractivity contribution in [2.45, 2.75) is 59.5 Å². The zero-order valence-corrected chi connectivity index (χ0v) is 17.0. The highest BCUT2D eigenvalue weighted by Gasteiger charge is 2.28. The molecule has 1 aliphatic rings. The Morgan fingerprint density at radius 2 is 1.83 bits per heavy atom. The van der Waals surface area contributed by atoms with E-state index in [1.54, 1.807) is 11.1 Å². The quantitative estimate of drug-likeness (QED) is 0.542. The van der Waals surface area contributed by atoms with Gasteiger partial charge in [0.15, 0.2) is 0 Å². The fourth-order valence-corrected chi connectivity index (χ4v) is 3.81. The Labute approximate surface area is 153 Å². The Balaban J connectivity index is 2.12. The second-order valence-electron chi connectivity index (χ2n) is 8.59. The molecule has 0 aliphatic heterocycles. The van der Waals surface area contributed by atoms with E-state index in [1.807, 2.05) is 12.1 Å². The van der Waals surface area contributed by atoms with Crippen LogP contribution in [0.1, 0.15) is 52.5 Å². The molecule has 0 amide bonds. The number of allylic oxidation sites excluding steroid dienone is 3. The summed E-state index contributed by atoms with van der Waals surface area (Å²) in [5.74, 6) is 0. The lowest BCUT2D eigenvalue weighted by atomic mass is 9.72. The van der Waals surface area contributed by atoms with E-state index in [1.165, 1.54) is 24.8 Å². The van der Waals surface area contributed by atoms with Gasteiger partial charge in [-0.1, -0.05) is 49.2 Å². The molecule has 1 unspecified atom stereocenters. The second-order valence-corrected chi connectivity index (χ2v) is 9.03. The van der Waals surface area contributed by atoms with E-state index in [9.17, 15) is 0 Å². The SMILES string of the molecule is CC1=C(/C=C/C(C)[N+](C)(C)Cc2ccc(Cl)cc2)C(C)(C)CCC1. The molecular formula is C22H33ClN+. The molecule has 0 bridgehead atoms. The van der Waals surface area contributed by atoms with Gasteiger partial charge in [0.1, 0.15) is 12.6 Å². The lowest BCUT2D eigenvalue weighted by molar-refractivity contribution is -0.919. The molecule has 24 heavy (non-hydrogen) atoms. The largest absolute Gasteiger partial charge is 0.319 e. The number of hydrogen-bond donors (Lipinski definition) is 0. The third kappa shape index (κ3) is 4.74. The van der Waals surface area contributed by atoms with Crippen LogP contribution in [0.15, 0.2) is 47.6 Å². The molecule has 0 saturated carbocycles. The van der Waals surface area contributed by atoms with Gasteiger partial charge in [-0.05, 0) is 62.3 Å². The van der Waals surface area contributed by atoms with Crippen molar-refractivity contribution in [1.29, 1.82) is 0 Å². The van der Waals surface area contributed by atoms with Crippen molar-refractivity contribution in [2.24, 2.45) is 5.41 Å². The molecule has 2 heteroatoms. The van der Waals surface area contributed by atoms with Gasteiger partial charge in [-0.3, -0.25) is 0 Å². The molecule has 1 aromatic carbocycles. The number of nitrogens with zero attached hydrogens (tertiary/aromatic N) is 1. The minimum atomic E-state index is 0.311. The van der Waals surface area contributed by atoms with E-state index in [0.29, 0.717) is 11.5 Å². The molecular weight excluding hydrogens is 314 g/mol. The number of rotatable bonds is 5. The van der Waals surface area contributed by atoms with Gasteiger partial charge in [0.25, 0.3) is 0 Å². The zero-order valence-electron chi connectivity index (χ0n) is 16.2. The Morgan fingerprint density at radius 1 is 1.21 bits per heavy atom. The van der Waals surface area contributed by atoms with Crippen LogP contribution in [-0.4, -0.2) is 24.6 Å². The monoisotopic (exact) mass is 346 g/mol. The topological polar surface area (TPSA) is 0 Å². The van der Waals surface area contributed by atoms with Crippen LogP contribution in [0, 0.1) is 5.41 Å². The molecule has 0 fully saturated rings. The third-order valence-corrected chi connectivity index (χ3v) is 5.94. The molecule has 0 radical (unpaired) electrons. The average molecular weight is 347 g/mol. The van der Waals surface area contributed by atoms with Crippen molar-refractivity contribution >= 4 is 11.6 Å². The Kier molecular flexibility index (Phi) is 5.99. The molecule has 0 heterocycles. The summed E-state index contributed by atoms with van der Waals surface area (Å²) in [5, 5.41) is 0.805. The molecule has 0 N–H and O–H groups in total. The number of likely N-dealkylation sites (N-methyl/N-ethyl adjacent to an activating group) is 1. The third-order valence-electron chi connectivity index (χ3n) is 5.69. The summed E-state index contributed by atoms with van der Waals surface area (Å²) in [5.41, 5.74) is 4.76. The van der Waals surface area contributed by atoms with Crippen LogP contribution < -0.4 is 0 Å². The molecule has 1 nitrogen and oxygen atoms in total.